The van der Waals surface area contributed by atoms with Crippen molar-refractivity contribution in [2.45, 2.75) is 0 Å². The molecule has 14 heavy (non-hydrogen) atoms. The third-order valence-electron chi connectivity index (χ3n) is 2.12. The van der Waals surface area contributed by atoms with Crippen LogP contribution in [0.25, 0.3) is 11.3 Å². The molecule has 0 atom stereocenters. The highest BCUT2D eigenvalue weighted by atomic mass is 14.8. The number of benzene rings is 1. The first-order valence-electron chi connectivity index (χ1n) is 4.59. The Balaban J connectivity index is 2.42. The van der Waals surface area contributed by atoms with Gasteiger partial charge in [-0.25, -0.2) is 0 Å². The fourth-order valence-electron chi connectivity index (χ4n) is 1.35. The molecule has 0 aliphatic carbocycles. The number of nitrogens with one attached hydrogen (secondary N) is 1. The van der Waals surface area contributed by atoms with Gasteiger partial charge in [-0.3, -0.25) is 4.98 Å². The minimum absolute atomic E-state index is 0.998. The number of hydrogen-bond acceptors (Lipinski definition) is 2. The molecule has 0 saturated heterocycles. The Hall–Kier alpha value is -1.83. The second-order valence-electron chi connectivity index (χ2n) is 3.05. The number of rotatable bonds is 2. The highest BCUT2D eigenvalue weighted by Crippen LogP contribution is 2.18. The van der Waals surface area contributed by atoms with Crippen LogP contribution in [0.2, 0.25) is 0 Å². The number of aromatic nitrogens is 1. The van der Waals surface area contributed by atoms with E-state index in [1.54, 1.807) is 0 Å². The molecule has 0 unspecified atom stereocenters. The summed E-state index contributed by atoms with van der Waals surface area (Å²) in [4.78, 5) is 4.32. The maximum Gasteiger partial charge on any atom is 0.0722 e. The van der Waals surface area contributed by atoms with Crippen molar-refractivity contribution in [2.24, 2.45) is 0 Å². The van der Waals surface area contributed by atoms with Crippen molar-refractivity contribution in [1.82, 2.24) is 4.98 Å². The van der Waals surface area contributed by atoms with Crippen molar-refractivity contribution in [3.05, 3.63) is 48.7 Å². The summed E-state index contributed by atoms with van der Waals surface area (Å²) in [7, 11) is 1.91. The van der Waals surface area contributed by atoms with Crippen LogP contribution in [0.3, 0.4) is 0 Å². The largest absolute Gasteiger partial charge is 0.388 e. The third-order valence-corrected chi connectivity index (χ3v) is 2.12. The van der Waals surface area contributed by atoms with Gasteiger partial charge in [-0.2, -0.15) is 0 Å². The predicted molar refractivity (Wildman–Crippen MR) is 59.2 cm³/mol. The molecule has 2 nitrogen and oxygen atoms in total. The van der Waals surface area contributed by atoms with Gasteiger partial charge in [0.05, 0.1) is 5.69 Å². The van der Waals surface area contributed by atoms with Gasteiger partial charge in [0.1, 0.15) is 0 Å². The van der Waals surface area contributed by atoms with E-state index >= 15 is 0 Å². The van der Waals surface area contributed by atoms with Crippen LogP contribution in [0.15, 0.2) is 48.7 Å². The summed E-state index contributed by atoms with van der Waals surface area (Å²) in [5.41, 5.74) is 3.22. The first-order chi connectivity index (χ1) is 6.90. The Bertz CT molecular complexity index is 410. The summed E-state index contributed by atoms with van der Waals surface area (Å²) >= 11 is 0. The number of hydrogen-bond donors (Lipinski definition) is 1. The summed E-state index contributed by atoms with van der Waals surface area (Å²) in [5.74, 6) is 0. The van der Waals surface area contributed by atoms with Crippen molar-refractivity contribution >= 4 is 5.69 Å². The smallest absolute Gasteiger partial charge is 0.0722 e. The molecular formula is C12H12N2. The lowest BCUT2D eigenvalue weighted by atomic mass is 10.1. The van der Waals surface area contributed by atoms with Crippen molar-refractivity contribution in [3.63, 3.8) is 0 Å². The molecule has 0 bridgehead atoms. The minimum atomic E-state index is 0.998. The summed E-state index contributed by atoms with van der Waals surface area (Å²) in [6.07, 6.45) is 1.81. The molecule has 1 aromatic carbocycles. The van der Waals surface area contributed by atoms with Gasteiger partial charge in [0, 0.05) is 24.5 Å². The Kier molecular flexibility index (Phi) is 2.45. The summed E-state index contributed by atoms with van der Waals surface area (Å²) < 4.78 is 0. The van der Waals surface area contributed by atoms with Gasteiger partial charge in [0.2, 0.25) is 0 Å². The van der Waals surface area contributed by atoms with Crippen molar-refractivity contribution in [1.29, 1.82) is 0 Å². The van der Waals surface area contributed by atoms with Gasteiger partial charge in [0.15, 0.2) is 0 Å². The average Bonchev–Trinajstić information content (AvgIpc) is 2.30. The van der Waals surface area contributed by atoms with Crippen LogP contribution in [0.5, 0.6) is 0 Å². The zero-order chi connectivity index (χ0) is 9.80. The van der Waals surface area contributed by atoms with Crippen molar-refractivity contribution in [3.8, 4) is 11.3 Å². The third kappa shape index (κ3) is 1.74. The Labute approximate surface area is 83.6 Å². The average molecular weight is 184 g/mol. The fourth-order valence-corrected chi connectivity index (χ4v) is 1.35. The molecule has 70 valence electrons. The van der Waals surface area contributed by atoms with Crippen LogP contribution in [0.1, 0.15) is 0 Å². The Morgan fingerprint density at radius 3 is 2.57 bits per heavy atom. The maximum absolute atomic E-state index is 4.32. The van der Waals surface area contributed by atoms with Gasteiger partial charge in [-0.1, -0.05) is 30.3 Å². The lowest BCUT2D eigenvalue weighted by molar-refractivity contribution is 1.31. The molecular weight excluding hydrogens is 172 g/mol. The molecule has 2 rings (SSSR count). The lowest BCUT2D eigenvalue weighted by Gasteiger charge is -2.03. The first kappa shape index (κ1) is 8.75. The predicted octanol–water partition coefficient (Wildman–Crippen LogP) is 2.79. The fraction of sp³-hybridized carbons (Fsp3) is 0.0833. The standard InChI is InChI=1S/C12H12N2/c1-13-11-7-8-14-12(9-11)10-5-3-2-4-6-10/h2-9H,1H3,(H,13,14). The molecule has 2 heteroatoms. The van der Waals surface area contributed by atoms with E-state index in [9.17, 15) is 0 Å². The Morgan fingerprint density at radius 1 is 1.07 bits per heavy atom. The number of nitrogens with zero attached hydrogens (tertiary/aromatic N) is 1. The molecule has 0 amide bonds. The molecule has 1 aromatic heterocycles. The van der Waals surface area contributed by atoms with E-state index < -0.39 is 0 Å². The van der Waals surface area contributed by atoms with Crippen LogP contribution < -0.4 is 5.32 Å². The van der Waals surface area contributed by atoms with Crippen molar-refractivity contribution < 1.29 is 0 Å². The maximum atomic E-state index is 4.32. The molecule has 0 fully saturated rings. The molecule has 1 N–H and O–H groups in total. The van der Waals surface area contributed by atoms with E-state index in [0.29, 0.717) is 0 Å². The first-order valence-corrected chi connectivity index (χ1v) is 4.59. The van der Waals surface area contributed by atoms with E-state index in [4.69, 9.17) is 0 Å². The number of anilines is 1. The molecule has 0 saturated carbocycles. The lowest BCUT2D eigenvalue weighted by Crippen LogP contribution is -1.89. The summed E-state index contributed by atoms with van der Waals surface area (Å²) in [6.45, 7) is 0. The van der Waals surface area contributed by atoms with Gasteiger partial charge >= 0.3 is 0 Å². The van der Waals surface area contributed by atoms with Crippen LogP contribution in [-0.4, -0.2) is 12.0 Å². The van der Waals surface area contributed by atoms with Crippen LogP contribution in [0.4, 0.5) is 5.69 Å². The van der Waals surface area contributed by atoms with E-state index in [0.717, 1.165) is 16.9 Å². The second kappa shape index (κ2) is 3.92. The molecule has 0 aliphatic rings. The molecule has 0 aliphatic heterocycles. The van der Waals surface area contributed by atoms with Gasteiger partial charge in [0.25, 0.3) is 0 Å². The van der Waals surface area contributed by atoms with Gasteiger partial charge in [-0.05, 0) is 12.1 Å². The highest BCUT2D eigenvalue weighted by Gasteiger charge is 1.97. The summed E-state index contributed by atoms with van der Waals surface area (Å²) in [6, 6.07) is 14.1. The van der Waals surface area contributed by atoms with Crippen LogP contribution in [-0.2, 0) is 0 Å². The van der Waals surface area contributed by atoms with Crippen LogP contribution >= 0.6 is 0 Å². The zero-order valence-electron chi connectivity index (χ0n) is 8.07. The van der Waals surface area contributed by atoms with Gasteiger partial charge in [-0.15, -0.1) is 0 Å². The minimum Gasteiger partial charge on any atom is -0.388 e. The monoisotopic (exact) mass is 184 g/mol. The molecule has 2 aromatic rings. The number of pyridine rings is 1. The van der Waals surface area contributed by atoms with E-state index in [1.165, 1.54) is 0 Å². The zero-order valence-corrected chi connectivity index (χ0v) is 8.07. The van der Waals surface area contributed by atoms with Gasteiger partial charge < -0.3 is 5.32 Å². The van der Waals surface area contributed by atoms with E-state index in [-0.39, 0.29) is 0 Å². The summed E-state index contributed by atoms with van der Waals surface area (Å²) in [5, 5.41) is 3.10. The van der Waals surface area contributed by atoms with E-state index in [1.807, 2.05) is 43.6 Å². The quantitative estimate of drug-likeness (QED) is 0.776. The van der Waals surface area contributed by atoms with E-state index in [2.05, 4.69) is 22.4 Å². The molecule has 0 radical (unpaired) electrons. The highest BCUT2D eigenvalue weighted by molar-refractivity contribution is 5.63. The van der Waals surface area contributed by atoms with Crippen LogP contribution in [0, 0.1) is 0 Å². The topological polar surface area (TPSA) is 24.9 Å². The SMILES string of the molecule is CNc1ccnc(-c2ccccc2)c1. The molecule has 1 heterocycles. The Morgan fingerprint density at radius 2 is 1.86 bits per heavy atom. The second-order valence-corrected chi connectivity index (χ2v) is 3.05. The molecule has 0 spiro atoms. The normalized spacial score (nSPS) is 9.79. The van der Waals surface area contributed by atoms with Crippen molar-refractivity contribution in [2.75, 3.05) is 12.4 Å².